The second kappa shape index (κ2) is 8.57. The fourth-order valence-corrected chi connectivity index (χ4v) is 2.97. The number of carbonyl (C=O) groups excluding carboxylic acids is 2. The van der Waals surface area contributed by atoms with Crippen LogP contribution >= 0.6 is 0 Å². The molecule has 2 amide bonds. The maximum Gasteiger partial charge on any atom is 0.405 e. The summed E-state index contributed by atoms with van der Waals surface area (Å²) in [5.41, 5.74) is -1.10. The molecule has 0 aliphatic rings. The minimum absolute atomic E-state index is 0.182. The van der Waals surface area contributed by atoms with E-state index in [-0.39, 0.29) is 16.1 Å². The van der Waals surface area contributed by atoms with Crippen LogP contribution in [0.5, 0.6) is 0 Å². The van der Waals surface area contributed by atoms with Gasteiger partial charge in [0.15, 0.2) is 0 Å². The topological polar surface area (TPSA) is 104 Å². The molecule has 0 aliphatic heterocycles. The van der Waals surface area contributed by atoms with Crippen molar-refractivity contribution >= 4 is 27.5 Å². The number of halogens is 4. The third-order valence-corrected chi connectivity index (χ3v) is 5.04. The molecule has 12 heteroatoms. The molecule has 29 heavy (non-hydrogen) atoms. The summed E-state index contributed by atoms with van der Waals surface area (Å²) in [5.74, 6) is -3.23. The van der Waals surface area contributed by atoms with Crippen molar-refractivity contribution in [3.05, 3.63) is 59.4 Å². The number of anilines is 1. The number of sulfonamides is 1. The normalized spacial score (nSPS) is 11.8. The molecule has 7 nitrogen and oxygen atoms in total. The van der Waals surface area contributed by atoms with Gasteiger partial charge < -0.3 is 10.6 Å². The number of hydrogen-bond acceptors (Lipinski definition) is 4. The summed E-state index contributed by atoms with van der Waals surface area (Å²) in [6.07, 6.45) is -4.63. The molecular weight excluding hydrogens is 418 g/mol. The molecule has 2 rings (SSSR count). The van der Waals surface area contributed by atoms with Gasteiger partial charge in [-0.05, 0) is 37.4 Å². The lowest BCUT2D eigenvalue weighted by Gasteiger charge is -2.13. The number of carbonyl (C=O) groups is 2. The van der Waals surface area contributed by atoms with E-state index >= 15 is 0 Å². The predicted molar refractivity (Wildman–Crippen MR) is 95.4 cm³/mol. The van der Waals surface area contributed by atoms with Crippen LogP contribution in [0.1, 0.15) is 20.7 Å². The first-order valence-corrected chi connectivity index (χ1v) is 9.41. The van der Waals surface area contributed by atoms with E-state index < -0.39 is 45.9 Å². The molecule has 0 aromatic heterocycles. The molecule has 0 unspecified atom stereocenters. The number of para-hydroxylation sites is 1. The Morgan fingerprint density at radius 1 is 1.00 bits per heavy atom. The van der Waals surface area contributed by atoms with Gasteiger partial charge in [-0.15, -0.1) is 0 Å². The molecule has 0 bridgehead atoms. The van der Waals surface area contributed by atoms with Crippen LogP contribution in [0.2, 0.25) is 0 Å². The average Bonchev–Trinajstić information content (AvgIpc) is 2.66. The molecule has 3 N–H and O–H groups in total. The highest BCUT2D eigenvalue weighted by molar-refractivity contribution is 7.89. The van der Waals surface area contributed by atoms with Gasteiger partial charge >= 0.3 is 6.18 Å². The summed E-state index contributed by atoms with van der Waals surface area (Å²) in [6, 6.07) is 7.68. The van der Waals surface area contributed by atoms with Gasteiger partial charge in [-0.2, -0.15) is 13.2 Å². The van der Waals surface area contributed by atoms with Crippen molar-refractivity contribution in [3.8, 4) is 0 Å². The summed E-state index contributed by atoms with van der Waals surface area (Å²) < 4.78 is 76.6. The quantitative estimate of drug-likeness (QED) is 0.608. The van der Waals surface area contributed by atoms with Crippen LogP contribution < -0.4 is 15.4 Å². The van der Waals surface area contributed by atoms with Gasteiger partial charge in [0, 0.05) is 0 Å². The van der Waals surface area contributed by atoms with Gasteiger partial charge in [-0.25, -0.2) is 17.5 Å². The number of amides is 2. The number of hydrogen-bond donors (Lipinski definition) is 3. The Hall–Kier alpha value is -2.99. The van der Waals surface area contributed by atoms with Crippen molar-refractivity contribution in [2.24, 2.45) is 0 Å². The highest BCUT2D eigenvalue weighted by Gasteiger charge is 2.28. The number of nitrogens with one attached hydrogen (secondary N) is 3. The lowest BCUT2D eigenvalue weighted by molar-refractivity contribution is -0.123. The van der Waals surface area contributed by atoms with E-state index in [4.69, 9.17) is 0 Å². The first-order chi connectivity index (χ1) is 13.4. The molecule has 0 fully saturated rings. The van der Waals surface area contributed by atoms with E-state index in [1.807, 2.05) is 4.72 Å². The van der Waals surface area contributed by atoms with Gasteiger partial charge in [-0.1, -0.05) is 12.1 Å². The van der Waals surface area contributed by atoms with Gasteiger partial charge in [0.1, 0.15) is 12.4 Å². The van der Waals surface area contributed by atoms with Crippen LogP contribution in [0.4, 0.5) is 23.2 Å². The lowest BCUT2D eigenvalue weighted by Crippen LogP contribution is -2.34. The van der Waals surface area contributed by atoms with Crippen LogP contribution in [-0.2, 0) is 10.0 Å². The summed E-state index contributed by atoms with van der Waals surface area (Å²) in [4.78, 5) is 24.0. The number of alkyl halides is 3. The van der Waals surface area contributed by atoms with Gasteiger partial charge in [0.05, 0.1) is 21.7 Å². The minimum atomic E-state index is -4.63. The molecule has 0 heterocycles. The second-order valence-electron chi connectivity index (χ2n) is 5.65. The first kappa shape index (κ1) is 22.3. The molecule has 0 saturated carbocycles. The Bertz CT molecular complexity index is 1040. The Kier molecular flexibility index (Phi) is 6.59. The molecule has 2 aromatic carbocycles. The molecular formula is C17H15F4N3O4S. The van der Waals surface area contributed by atoms with Crippen molar-refractivity contribution in [2.45, 2.75) is 11.1 Å². The first-order valence-electron chi connectivity index (χ1n) is 7.93. The molecule has 0 aliphatic carbocycles. The number of benzene rings is 2. The van der Waals surface area contributed by atoms with Crippen molar-refractivity contribution in [2.75, 3.05) is 18.9 Å². The maximum absolute atomic E-state index is 14.0. The maximum atomic E-state index is 14.0. The van der Waals surface area contributed by atoms with Gasteiger partial charge in [0.2, 0.25) is 10.0 Å². The van der Waals surface area contributed by atoms with E-state index in [9.17, 15) is 35.6 Å². The molecule has 2 aromatic rings. The summed E-state index contributed by atoms with van der Waals surface area (Å²) in [6.45, 7) is -1.58. The van der Waals surface area contributed by atoms with Crippen molar-refractivity contribution < 1.29 is 35.6 Å². The monoisotopic (exact) mass is 433 g/mol. The van der Waals surface area contributed by atoms with Crippen LogP contribution in [0.25, 0.3) is 0 Å². The van der Waals surface area contributed by atoms with Crippen molar-refractivity contribution in [3.63, 3.8) is 0 Å². The molecule has 0 spiro atoms. The minimum Gasteiger partial charge on any atom is -0.343 e. The zero-order valence-corrected chi connectivity index (χ0v) is 15.6. The van der Waals surface area contributed by atoms with E-state index in [0.29, 0.717) is 0 Å². The Morgan fingerprint density at radius 2 is 1.66 bits per heavy atom. The zero-order valence-electron chi connectivity index (χ0n) is 14.8. The highest BCUT2D eigenvalue weighted by Crippen LogP contribution is 2.20. The van der Waals surface area contributed by atoms with E-state index in [2.05, 4.69) is 5.32 Å². The zero-order chi connectivity index (χ0) is 21.8. The lowest BCUT2D eigenvalue weighted by atomic mass is 10.1. The second-order valence-corrected chi connectivity index (χ2v) is 7.53. The standard InChI is InChI=1S/C17H15F4N3O4S/c1-22-29(27,28)10-6-7-13(18)12(8-10)16(26)24-14-5-3-2-4-11(14)15(25)23-9-17(19,20)21/h2-8,22H,9H2,1H3,(H,23,25)(H,24,26). The van der Waals surface area contributed by atoms with Crippen LogP contribution in [0.3, 0.4) is 0 Å². The van der Waals surface area contributed by atoms with Gasteiger partial charge in [-0.3, -0.25) is 9.59 Å². The fourth-order valence-electron chi connectivity index (χ4n) is 2.22. The summed E-state index contributed by atoms with van der Waals surface area (Å²) >= 11 is 0. The van der Waals surface area contributed by atoms with Crippen molar-refractivity contribution in [1.82, 2.24) is 10.0 Å². The molecule has 156 valence electrons. The third kappa shape index (κ3) is 5.74. The van der Waals surface area contributed by atoms with Crippen LogP contribution in [0, 0.1) is 5.82 Å². The molecule has 0 atom stereocenters. The van der Waals surface area contributed by atoms with E-state index in [0.717, 1.165) is 25.2 Å². The number of rotatable bonds is 6. The van der Waals surface area contributed by atoms with E-state index in [1.54, 1.807) is 5.32 Å². The third-order valence-electron chi connectivity index (χ3n) is 3.63. The summed E-state index contributed by atoms with van der Waals surface area (Å²) in [7, 11) is -2.82. The average molecular weight is 433 g/mol. The highest BCUT2D eigenvalue weighted by atomic mass is 32.2. The smallest absolute Gasteiger partial charge is 0.343 e. The Labute approximate surface area is 163 Å². The Morgan fingerprint density at radius 3 is 2.28 bits per heavy atom. The van der Waals surface area contributed by atoms with Crippen molar-refractivity contribution in [1.29, 1.82) is 0 Å². The Balaban J connectivity index is 2.31. The predicted octanol–water partition coefficient (Wildman–Crippen LogP) is 2.28. The summed E-state index contributed by atoms with van der Waals surface area (Å²) in [5, 5.41) is 3.87. The SMILES string of the molecule is CNS(=O)(=O)c1ccc(F)c(C(=O)Nc2ccccc2C(=O)NCC(F)(F)F)c1. The van der Waals surface area contributed by atoms with Crippen LogP contribution in [-0.4, -0.2) is 40.0 Å². The molecule has 0 saturated heterocycles. The largest absolute Gasteiger partial charge is 0.405 e. The van der Waals surface area contributed by atoms with Crippen LogP contribution in [0.15, 0.2) is 47.4 Å². The fraction of sp³-hybridized carbons (Fsp3) is 0.176. The van der Waals surface area contributed by atoms with E-state index in [1.165, 1.54) is 24.3 Å². The molecule has 0 radical (unpaired) electrons. The van der Waals surface area contributed by atoms with Gasteiger partial charge in [0.25, 0.3) is 11.8 Å².